The summed E-state index contributed by atoms with van der Waals surface area (Å²) < 4.78 is 0. The Labute approximate surface area is 116 Å². The number of hydrogen-bond donors (Lipinski definition) is 0. The molecule has 0 spiro atoms. The van der Waals surface area contributed by atoms with Crippen molar-refractivity contribution >= 4 is 11.1 Å². The van der Waals surface area contributed by atoms with Crippen molar-refractivity contribution in [2.45, 2.75) is 20.3 Å². The second-order valence-electron chi connectivity index (χ2n) is 5.08. The van der Waals surface area contributed by atoms with Gasteiger partial charge in [0, 0.05) is 0 Å². The summed E-state index contributed by atoms with van der Waals surface area (Å²) in [6, 6.07) is 17.0. The molecule has 2 aromatic rings. The van der Waals surface area contributed by atoms with Crippen LogP contribution in [0.15, 0.2) is 61.7 Å². The molecule has 19 heavy (non-hydrogen) atoms. The first-order chi connectivity index (χ1) is 9.08. The highest BCUT2D eigenvalue weighted by Gasteiger charge is 2.05. The fraction of sp³-hybridized carbons (Fsp3) is 0.158. The molecule has 0 aliphatic carbocycles. The second kappa shape index (κ2) is 5.71. The van der Waals surface area contributed by atoms with Gasteiger partial charge in [0.15, 0.2) is 0 Å². The van der Waals surface area contributed by atoms with E-state index in [4.69, 9.17) is 0 Å². The molecule has 0 fully saturated rings. The summed E-state index contributed by atoms with van der Waals surface area (Å²) in [6.45, 7) is 12.4. The Bertz CT molecular complexity index is 600. The van der Waals surface area contributed by atoms with Gasteiger partial charge < -0.3 is 0 Å². The van der Waals surface area contributed by atoms with Gasteiger partial charge in [-0.1, -0.05) is 72.8 Å². The van der Waals surface area contributed by atoms with Crippen LogP contribution in [0.3, 0.4) is 0 Å². The molecule has 0 nitrogen and oxygen atoms in total. The lowest BCUT2D eigenvalue weighted by atomic mass is 9.93. The minimum Gasteiger partial charge on any atom is -0.0955 e. The molecular formula is C19H20. The van der Waals surface area contributed by atoms with Crippen LogP contribution in [0.25, 0.3) is 11.1 Å². The molecule has 0 N–H and O–H groups in total. The van der Waals surface area contributed by atoms with Gasteiger partial charge in [-0.15, -0.1) is 0 Å². The largest absolute Gasteiger partial charge is 0.0955 e. The Balaban J connectivity index is 2.24. The van der Waals surface area contributed by atoms with E-state index < -0.39 is 0 Å². The van der Waals surface area contributed by atoms with Gasteiger partial charge in [-0.25, -0.2) is 0 Å². The van der Waals surface area contributed by atoms with Gasteiger partial charge in [0.2, 0.25) is 0 Å². The first-order valence-corrected chi connectivity index (χ1v) is 6.56. The van der Waals surface area contributed by atoms with Crippen LogP contribution in [0.1, 0.15) is 29.2 Å². The standard InChI is InChI=1S/C19H20/c1-14(2)19-8-6-5-7-18(19)13-16(4)17-11-9-15(3)10-12-17/h5-12H,1,4,13H2,2-3H3. The minimum atomic E-state index is 0.867. The second-order valence-corrected chi connectivity index (χ2v) is 5.08. The molecule has 0 radical (unpaired) electrons. The summed E-state index contributed by atoms with van der Waals surface area (Å²) in [4.78, 5) is 0. The molecule has 0 aliphatic heterocycles. The van der Waals surface area contributed by atoms with Crippen molar-refractivity contribution in [1.29, 1.82) is 0 Å². The van der Waals surface area contributed by atoms with Crippen LogP contribution in [-0.4, -0.2) is 0 Å². The highest BCUT2D eigenvalue weighted by Crippen LogP contribution is 2.24. The van der Waals surface area contributed by atoms with E-state index in [1.807, 2.05) is 6.92 Å². The maximum atomic E-state index is 4.22. The van der Waals surface area contributed by atoms with Crippen molar-refractivity contribution in [3.8, 4) is 0 Å². The van der Waals surface area contributed by atoms with Crippen molar-refractivity contribution in [2.24, 2.45) is 0 Å². The molecule has 0 bridgehead atoms. The topological polar surface area (TPSA) is 0 Å². The Hall–Kier alpha value is -2.08. The molecule has 96 valence electrons. The molecule has 0 saturated heterocycles. The summed E-state index contributed by atoms with van der Waals surface area (Å²) in [5.41, 5.74) is 7.26. The Kier molecular flexibility index (Phi) is 4.01. The van der Waals surface area contributed by atoms with Crippen molar-refractivity contribution in [2.75, 3.05) is 0 Å². The van der Waals surface area contributed by atoms with Gasteiger partial charge in [0.1, 0.15) is 0 Å². The lowest BCUT2D eigenvalue weighted by Gasteiger charge is -2.11. The predicted octanol–water partition coefficient (Wildman–Crippen LogP) is 5.28. The number of allylic oxidation sites excluding steroid dienone is 2. The van der Waals surface area contributed by atoms with E-state index >= 15 is 0 Å². The van der Waals surface area contributed by atoms with Crippen molar-refractivity contribution in [3.05, 3.63) is 83.9 Å². The van der Waals surface area contributed by atoms with E-state index in [0.29, 0.717) is 0 Å². The Morgan fingerprint density at radius 1 is 0.947 bits per heavy atom. The average molecular weight is 248 g/mol. The lowest BCUT2D eigenvalue weighted by Crippen LogP contribution is -1.94. The van der Waals surface area contributed by atoms with Gasteiger partial charge in [-0.3, -0.25) is 0 Å². The van der Waals surface area contributed by atoms with Crippen LogP contribution in [0.4, 0.5) is 0 Å². The third kappa shape index (κ3) is 3.23. The first-order valence-electron chi connectivity index (χ1n) is 6.56. The van der Waals surface area contributed by atoms with Crippen LogP contribution >= 0.6 is 0 Å². The zero-order valence-corrected chi connectivity index (χ0v) is 11.7. The molecule has 0 unspecified atom stereocenters. The molecule has 0 heterocycles. The predicted molar refractivity (Wildman–Crippen MR) is 85.1 cm³/mol. The van der Waals surface area contributed by atoms with E-state index in [1.54, 1.807) is 0 Å². The zero-order chi connectivity index (χ0) is 13.8. The van der Waals surface area contributed by atoms with Crippen LogP contribution in [-0.2, 0) is 6.42 Å². The van der Waals surface area contributed by atoms with Crippen molar-refractivity contribution in [1.82, 2.24) is 0 Å². The third-order valence-electron chi connectivity index (χ3n) is 3.34. The normalized spacial score (nSPS) is 10.2. The molecule has 0 heteroatoms. The molecular weight excluding hydrogens is 228 g/mol. The van der Waals surface area contributed by atoms with E-state index in [2.05, 4.69) is 68.6 Å². The Morgan fingerprint density at radius 3 is 2.21 bits per heavy atom. The molecule has 2 aromatic carbocycles. The monoisotopic (exact) mass is 248 g/mol. The van der Waals surface area contributed by atoms with E-state index in [9.17, 15) is 0 Å². The molecule has 0 amide bonds. The number of benzene rings is 2. The van der Waals surface area contributed by atoms with Crippen molar-refractivity contribution < 1.29 is 0 Å². The van der Waals surface area contributed by atoms with E-state index in [0.717, 1.165) is 17.6 Å². The van der Waals surface area contributed by atoms with Gasteiger partial charge in [-0.05, 0) is 42.5 Å². The maximum Gasteiger partial charge on any atom is -0.00197 e. The first kappa shape index (κ1) is 13.4. The van der Waals surface area contributed by atoms with Gasteiger partial charge in [-0.2, -0.15) is 0 Å². The maximum absolute atomic E-state index is 4.22. The summed E-state index contributed by atoms with van der Waals surface area (Å²) in [5.74, 6) is 0. The summed E-state index contributed by atoms with van der Waals surface area (Å²) in [7, 11) is 0. The van der Waals surface area contributed by atoms with Crippen LogP contribution in [0, 0.1) is 6.92 Å². The SMILES string of the molecule is C=C(Cc1ccccc1C(=C)C)c1ccc(C)cc1. The molecule has 0 atom stereocenters. The van der Waals surface area contributed by atoms with Gasteiger partial charge in [0.25, 0.3) is 0 Å². The quantitative estimate of drug-likeness (QED) is 0.690. The fourth-order valence-corrected chi connectivity index (χ4v) is 2.21. The number of rotatable bonds is 4. The molecule has 0 saturated carbocycles. The zero-order valence-electron chi connectivity index (χ0n) is 11.7. The lowest BCUT2D eigenvalue weighted by molar-refractivity contribution is 1.26. The van der Waals surface area contributed by atoms with Crippen molar-refractivity contribution in [3.63, 3.8) is 0 Å². The van der Waals surface area contributed by atoms with Crippen LogP contribution < -0.4 is 0 Å². The summed E-state index contributed by atoms with van der Waals surface area (Å²) in [6.07, 6.45) is 0.867. The highest BCUT2D eigenvalue weighted by molar-refractivity contribution is 5.71. The van der Waals surface area contributed by atoms with Crippen LogP contribution in [0.2, 0.25) is 0 Å². The van der Waals surface area contributed by atoms with Crippen LogP contribution in [0.5, 0.6) is 0 Å². The third-order valence-corrected chi connectivity index (χ3v) is 3.34. The molecule has 0 aliphatic rings. The number of aryl methyl sites for hydroxylation is 1. The average Bonchev–Trinajstić information content (AvgIpc) is 2.39. The van der Waals surface area contributed by atoms with Gasteiger partial charge >= 0.3 is 0 Å². The smallest absolute Gasteiger partial charge is 0.00197 e. The molecule has 0 aromatic heterocycles. The highest BCUT2D eigenvalue weighted by atomic mass is 14.1. The fourth-order valence-electron chi connectivity index (χ4n) is 2.21. The number of hydrogen-bond acceptors (Lipinski definition) is 0. The van der Waals surface area contributed by atoms with E-state index in [-0.39, 0.29) is 0 Å². The molecule has 2 rings (SSSR count). The van der Waals surface area contributed by atoms with Gasteiger partial charge in [0.05, 0.1) is 0 Å². The Morgan fingerprint density at radius 2 is 1.58 bits per heavy atom. The minimum absolute atomic E-state index is 0.867. The summed E-state index contributed by atoms with van der Waals surface area (Å²) >= 11 is 0. The summed E-state index contributed by atoms with van der Waals surface area (Å²) in [5, 5.41) is 0. The van der Waals surface area contributed by atoms with E-state index in [1.165, 1.54) is 22.3 Å².